The summed E-state index contributed by atoms with van der Waals surface area (Å²) in [4.78, 5) is 21.0. The van der Waals surface area contributed by atoms with Crippen molar-refractivity contribution in [2.24, 2.45) is 5.73 Å². The molecule has 1 aliphatic heterocycles. The smallest absolute Gasteiger partial charge is 0.253 e. The first-order valence-electron chi connectivity index (χ1n) is 9.57. The molecule has 2 heterocycles. The molecular formula is C20H26FN5O2. The number of ether oxygens (including phenoxy) is 1. The molecule has 1 aliphatic carbocycles. The fraction of sp³-hybridized carbons (Fsp3) is 0.450. The molecule has 1 aromatic carbocycles. The zero-order valence-corrected chi connectivity index (χ0v) is 15.8. The SMILES string of the molecule is NC1CCCCC1.Nc1ncc(F)c(-c2cccc(N3CCOCC3=O)c2)n1. The third-order valence-electron chi connectivity index (χ3n) is 4.83. The Bertz CT molecular complexity index is 811. The molecular weight excluding hydrogens is 361 g/mol. The summed E-state index contributed by atoms with van der Waals surface area (Å²) in [5, 5.41) is 0. The zero-order valence-electron chi connectivity index (χ0n) is 15.8. The number of nitrogen functional groups attached to an aromatic ring is 1. The van der Waals surface area contributed by atoms with Gasteiger partial charge in [-0.05, 0) is 25.0 Å². The highest BCUT2D eigenvalue weighted by Crippen LogP contribution is 2.26. The maximum Gasteiger partial charge on any atom is 0.253 e. The summed E-state index contributed by atoms with van der Waals surface area (Å²) in [5.41, 5.74) is 12.5. The van der Waals surface area contributed by atoms with Crippen LogP contribution in [0.2, 0.25) is 0 Å². The number of rotatable bonds is 2. The highest BCUT2D eigenvalue weighted by atomic mass is 19.1. The van der Waals surface area contributed by atoms with Crippen LogP contribution in [0.1, 0.15) is 32.1 Å². The van der Waals surface area contributed by atoms with Crippen molar-refractivity contribution in [2.45, 2.75) is 38.1 Å². The van der Waals surface area contributed by atoms with Crippen molar-refractivity contribution in [3.05, 3.63) is 36.3 Å². The van der Waals surface area contributed by atoms with E-state index in [1.165, 1.54) is 32.1 Å². The van der Waals surface area contributed by atoms with Crippen molar-refractivity contribution >= 4 is 17.5 Å². The van der Waals surface area contributed by atoms with Crippen LogP contribution < -0.4 is 16.4 Å². The van der Waals surface area contributed by atoms with Crippen LogP contribution in [0.4, 0.5) is 16.0 Å². The average molecular weight is 387 g/mol. The highest BCUT2D eigenvalue weighted by Gasteiger charge is 2.21. The largest absolute Gasteiger partial charge is 0.370 e. The summed E-state index contributed by atoms with van der Waals surface area (Å²) in [6.07, 6.45) is 7.69. The standard InChI is InChI=1S/C14H13FN4O2.C6H13N/c15-11-7-17-14(16)18-13(11)9-2-1-3-10(6-9)19-4-5-21-8-12(19)20;7-6-4-2-1-3-5-6/h1-3,6-7H,4-5,8H2,(H2,16,17,18);6H,1-5,7H2. The second-order valence-electron chi connectivity index (χ2n) is 6.97. The van der Waals surface area contributed by atoms with Gasteiger partial charge in [-0.3, -0.25) is 4.79 Å². The first-order valence-corrected chi connectivity index (χ1v) is 9.57. The molecule has 2 aromatic rings. The van der Waals surface area contributed by atoms with Crippen molar-refractivity contribution in [1.82, 2.24) is 9.97 Å². The van der Waals surface area contributed by atoms with Gasteiger partial charge in [0.25, 0.3) is 5.91 Å². The summed E-state index contributed by atoms with van der Waals surface area (Å²) < 4.78 is 18.9. The van der Waals surface area contributed by atoms with Gasteiger partial charge in [0.1, 0.15) is 12.3 Å². The van der Waals surface area contributed by atoms with Crippen LogP contribution in [0, 0.1) is 5.82 Å². The van der Waals surface area contributed by atoms with Gasteiger partial charge in [-0.25, -0.2) is 14.4 Å². The van der Waals surface area contributed by atoms with Crippen LogP contribution in [0.5, 0.6) is 0 Å². The van der Waals surface area contributed by atoms with Gasteiger partial charge in [0.15, 0.2) is 5.82 Å². The first-order chi connectivity index (χ1) is 13.5. The molecule has 7 nitrogen and oxygen atoms in total. The fourth-order valence-electron chi connectivity index (χ4n) is 3.33. The normalized spacial score (nSPS) is 17.8. The number of morpholine rings is 1. The second kappa shape index (κ2) is 9.57. The first kappa shape index (κ1) is 20.2. The van der Waals surface area contributed by atoms with Crippen molar-refractivity contribution in [1.29, 1.82) is 0 Å². The number of carbonyl (C=O) groups is 1. The molecule has 0 atom stereocenters. The molecule has 1 saturated heterocycles. The van der Waals surface area contributed by atoms with Crippen LogP contribution in [0.3, 0.4) is 0 Å². The van der Waals surface area contributed by atoms with Crippen LogP contribution in [-0.4, -0.2) is 41.7 Å². The van der Waals surface area contributed by atoms with Crippen LogP contribution in [-0.2, 0) is 9.53 Å². The van der Waals surface area contributed by atoms with Gasteiger partial charge in [-0.15, -0.1) is 0 Å². The molecule has 1 amide bonds. The van der Waals surface area contributed by atoms with E-state index in [-0.39, 0.29) is 24.2 Å². The number of nitrogens with zero attached hydrogens (tertiary/aromatic N) is 3. The van der Waals surface area contributed by atoms with Crippen LogP contribution >= 0.6 is 0 Å². The number of nitrogens with two attached hydrogens (primary N) is 2. The number of anilines is 2. The van der Waals surface area contributed by atoms with Gasteiger partial charge < -0.3 is 21.1 Å². The Kier molecular flexibility index (Phi) is 6.89. The second-order valence-corrected chi connectivity index (χ2v) is 6.97. The molecule has 1 saturated carbocycles. The Morgan fingerprint density at radius 2 is 2.00 bits per heavy atom. The summed E-state index contributed by atoms with van der Waals surface area (Å²) in [7, 11) is 0. The van der Waals surface area contributed by atoms with Crippen molar-refractivity contribution in [3.63, 3.8) is 0 Å². The lowest BCUT2D eigenvalue weighted by atomic mass is 9.97. The predicted octanol–water partition coefficient (Wildman–Crippen LogP) is 2.51. The number of carbonyl (C=O) groups excluding carboxylic acids is 1. The number of aromatic nitrogens is 2. The molecule has 2 aliphatic rings. The highest BCUT2D eigenvalue weighted by molar-refractivity contribution is 5.95. The topological polar surface area (TPSA) is 107 Å². The Labute approximate surface area is 163 Å². The van der Waals surface area contributed by atoms with Crippen LogP contribution in [0.25, 0.3) is 11.3 Å². The third kappa shape index (κ3) is 5.24. The van der Waals surface area contributed by atoms with E-state index in [0.29, 0.717) is 30.4 Å². The van der Waals surface area contributed by atoms with Crippen molar-refractivity contribution in [3.8, 4) is 11.3 Å². The molecule has 2 fully saturated rings. The molecule has 4 N–H and O–H groups in total. The minimum atomic E-state index is -0.561. The number of hydrogen-bond donors (Lipinski definition) is 2. The van der Waals surface area contributed by atoms with Crippen LogP contribution in [0.15, 0.2) is 30.5 Å². The van der Waals surface area contributed by atoms with Gasteiger partial charge in [-0.1, -0.05) is 31.4 Å². The van der Waals surface area contributed by atoms with Crippen molar-refractivity contribution < 1.29 is 13.9 Å². The quantitative estimate of drug-likeness (QED) is 0.820. The Balaban J connectivity index is 0.000000271. The monoisotopic (exact) mass is 387 g/mol. The molecule has 0 bridgehead atoms. The molecule has 4 rings (SSSR count). The van der Waals surface area contributed by atoms with Gasteiger partial charge in [-0.2, -0.15) is 0 Å². The molecule has 0 radical (unpaired) electrons. The fourth-order valence-corrected chi connectivity index (χ4v) is 3.33. The molecule has 28 heavy (non-hydrogen) atoms. The number of benzene rings is 1. The van der Waals surface area contributed by atoms with E-state index in [0.717, 1.165) is 6.20 Å². The van der Waals surface area contributed by atoms with E-state index >= 15 is 0 Å². The van der Waals surface area contributed by atoms with E-state index in [4.69, 9.17) is 16.2 Å². The minimum absolute atomic E-state index is 0.000693. The van der Waals surface area contributed by atoms with Gasteiger partial charge in [0.05, 0.1) is 12.8 Å². The third-order valence-corrected chi connectivity index (χ3v) is 4.83. The molecule has 8 heteroatoms. The maximum absolute atomic E-state index is 13.8. The Hall–Kier alpha value is -2.58. The summed E-state index contributed by atoms with van der Waals surface area (Å²) in [5.74, 6) is -0.685. The van der Waals surface area contributed by atoms with Gasteiger partial charge in [0, 0.05) is 23.8 Å². The Morgan fingerprint density at radius 1 is 1.21 bits per heavy atom. The maximum atomic E-state index is 13.8. The summed E-state index contributed by atoms with van der Waals surface area (Å²) in [6, 6.07) is 7.47. The Morgan fingerprint density at radius 3 is 2.68 bits per heavy atom. The lowest BCUT2D eigenvalue weighted by Gasteiger charge is -2.27. The van der Waals surface area contributed by atoms with E-state index in [1.54, 1.807) is 29.2 Å². The molecule has 1 aromatic heterocycles. The molecule has 0 spiro atoms. The van der Waals surface area contributed by atoms with E-state index in [2.05, 4.69) is 9.97 Å². The van der Waals surface area contributed by atoms with Gasteiger partial charge in [0.2, 0.25) is 5.95 Å². The number of hydrogen-bond acceptors (Lipinski definition) is 6. The van der Waals surface area contributed by atoms with Gasteiger partial charge >= 0.3 is 0 Å². The average Bonchev–Trinajstić information content (AvgIpc) is 2.71. The summed E-state index contributed by atoms with van der Waals surface area (Å²) in [6.45, 7) is 1.00. The van der Waals surface area contributed by atoms with E-state index in [1.807, 2.05) is 0 Å². The number of amides is 1. The lowest BCUT2D eigenvalue weighted by Crippen LogP contribution is -2.41. The lowest BCUT2D eigenvalue weighted by molar-refractivity contribution is -0.125. The summed E-state index contributed by atoms with van der Waals surface area (Å²) >= 11 is 0. The molecule has 150 valence electrons. The number of halogens is 1. The van der Waals surface area contributed by atoms with E-state index in [9.17, 15) is 9.18 Å². The predicted molar refractivity (Wildman–Crippen MR) is 106 cm³/mol. The molecule has 0 unspecified atom stereocenters. The zero-order chi connectivity index (χ0) is 19.9. The van der Waals surface area contributed by atoms with E-state index < -0.39 is 5.82 Å². The van der Waals surface area contributed by atoms with Crippen molar-refractivity contribution in [2.75, 3.05) is 30.4 Å². The minimum Gasteiger partial charge on any atom is -0.370 e.